The molecule has 0 saturated carbocycles. The lowest BCUT2D eigenvalue weighted by Gasteiger charge is -2.23. The first-order valence-electron chi connectivity index (χ1n) is 5.99. The summed E-state index contributed by atoms with van der Waals surface area (Å²) >= 11 is 0. The highest BCUT2D eigenvalue weighted by molar-refractivity contribution is 5.85. The summed E-state index contributed by atoms with van der Waals surface area (Å²) in [5.41, 5.74) is 8.73. The van der Waals surface area contributed by atoms with Crippen LogP contribution in [-0.4, -0.2) is 31.3 Å². The zero-order valence-electron chi connectivity index (χ0n) is 9.94. The third kappa shape index (κ3) is 1.95. The van der Waals surface area contributed by atoms with Gasteiger partial charge in [-0.3, -0.25) is 4.98 Å². The summed E-state index contributed by atoms with van der Waals surface area (Å²) < 4.78 is 10.4. The molecule has 0 amide bonds. The molecule has 0 radical (unpaired) electrons. The third-order valence-electron chi connectivity index (χ3n) is 3.13. The number of ether oxygens (including phenoxy) is 1. The van der Waals surface area contributed by atoms with Crippen LogP contribution in [0.5, 0.6) is 0 Å². The summed E-state index contributed by atoms with van der Waals surface area (Å²) in [6.07, 6.45) is 0.972. The van der Waals surface area contributed by atoms with Gasteiger partial charge in [-0.25, -0.2) is 4.79 Å². The number of hydrogen-bond donors (Lipinski definition) is 2. The highest BCUT2D eigenvalue weighted by Crippen LogP contribution is 2.28. The maximum absolute atomic E-state index is 11.1. The number of aromatic amines is 1. The van der Waals surface area contributed by atoms with Gasteiger partial charge < -0.3 is 19.8 Å². The Bertz CT molecular complexity index is 609. The van der Waals surface area contributed by atoms with Crippen LogP contribution in [0.2, 0.25) is 0 Å². The second-order valence-corrected chi connectivity index (χ2v) is 4.37. The maximum Gasteiger partial charge on any atom is 0.417 e. The van der Waals surface area contributed by atoms with Crippen LogP contribution in [0.3, 0.4) is 0 Å². The van der Waals surface area contributed by atoms with E-state index in [0.29, 0.717) is 23.4 Å². The smallest absolute Gasteiger partial charge is 0.408 e. The number of nitrogens with two attached hydrogens (primary N) is 1. The van der Waals surface area contributed by atoms with Gasteiger partial charge in [0.2, 0.25) is 0 Å². The molecule has 0 aliphatic carbocycles. The molecule has 1 fully saturated rings. The van der Waals surface area contributed by atoms with Crippen LogP contribution in [-0.2, 0) is 4.74 Å². The number of rotatable bonds is 1. The summed E-state index contributed by atoms with van der Waals surface area (Å²) in [7, 11) is 0. The average molecular weight is 249 g/mol. The Kier molecular flexibility index (Phi) is 2.71. The number of fused-ring (bicyclic) bond motifs is 1. The quantitative estimate of drug-likeness (QED) is 0.734. The molecule has 6 nitrogen and oxygen atoms in total. The fourth-order valence-electron chi connectivity index (χ4n) is 2.26. The Morgan fingerprint density at radius 3 is 3.06 bits per heavy atom. The molecule has 0 bridgehead atoms. The van der Waals surface area contributed by atoms with Crippen molar-refractivity contribution in [2.45, 2.75) is 6.42 Å². The van der Waals surface area contributed by atoms with Crippen LogP contribution >= 0.6 is 0 Å². The molecular formula is C12H15N3O3. The molecule has 1 aromatic carbocycles. The number of nitrogen functional groups attached to an aromatic ring is 1. The van der Waals surface area contributed by atoms with Crippen LogP contribution in [0.15, 0.2) is 21.3 Å². The van der Waals surface area contributed by atoms with Crippen LogP contribution < -0.4 is 16.4 Å². The Balaban J connectivity index is 2.04. The van der Waals surface area contributed by atoms with E-state index >= 15 is 0 Å². The van der Waals surface area contributed by atoms with Crippen molar-refractivity contribution >= 4 is 22.5 Å². The van der Waals surface area contributed by atoms with Crippen molar-refractivity contribution < 1.29 is 9.15 Å². The van der Waals surface area contributed by atoms with Crippen LogP contribution in [0.25, 0.3) is 11.1 Å². The molecule has 18 heavy (non-hydrogen) atoms. The third-order valence-corrected chi connectivity index (χ3v) is 3.13. The maximum atomic E-state index is 11.1. The Morgan fingerprint density at radius 1 is 1.28 bits per heavy atom. The molecule has 0 unspecified atom stereocenters. The van der Waals surface area contributed by atoms with Gasteiger partial charge >= 0.3 is 5.76 Å². The van der Waals surface area contributed by atoms with Crippen molar-refractivity contribution in [3.63, 3.8) is 0 Å². The molecule has 1 aliphatic heterocycles. The minimum atomic E-state index is -0.458. The molecule has 96 valence electrons. The summed E-state index contributed by atoms with van der Waals surface area (Å²) in [6, 6.07) is 3.55. The lowest BCUT2D eigenvalue weighted by molar-refractivity contribution is 0.152. The predicted molar refractivity (Wildman–Crippen MR) is 68.9 cm³/mol. The van der Waals surface area contributed by atoms with E-state index in [9.17, 15) is 4.79 Å². The van der Waals surface area contributed by atoms with Crippen molar-refractivity contribution in [1.82, 2.24) is 4.98 Å². The number of hydrogen-bond acceptors (Lipinski definition) is 5. The summed E-state index contributed by atoms with van der Waals surface area (Å²) in [5, 5.41) is 0. The van der Waals surface area contributed by atoms with Gasteiger partial charge in [-0.2, -0.15) is 0 Å². The van der Waals surface area contributed by atoms with Gasteiger partial charge in [0.15, 0.2) is 5.58 Å². The van der Waals surface area contributed by atoms with Crippen molar-refractivity contribution in [1.29, 1.82) is 0 Å². The number of oxazole rings is 1. The second-order valence-electron chi connectivity index (χ2n) is 4.37. The van der Waals surface area contributed by atoms with Gasteiger partial charge in [-0.15, -0.1) is 0 Å². The van der Waals surface area contributed by atoms with Gasteiger partial charge in [0, 0.05) is 25.8 Å². The van der Waals surface area contributed by atoms with Crippen molar-refractivity contribution in [3.05, 3.63) is 22.7 Å². The summed E-state index contributed by atoms with van der Waals surface area (Å²) in [5.74, 6) is -0.458. The van der Waals surface area contributed by atoms with Gasteiger partial charge in [-0.05, 0) is 12.5 Å². The fraction of sp³-hybridized carbons (Fsp3) is 0.417. The van der Waals surface area contributed by atoms with Crippen LogP contribution in [0.1, 0.15) is 6.42 Å². The monoisotopic (exact) mass is 249 g/mol. The van der Waals surface area contributed by atoms with Gasteiger partial charge in [0.25, 0.3) is 0 Å². The van der Waals surface area contributed by atoms with Gasteiger partial charge in [0.1, 0.15) is 0 Å². The largest absolute Gasteiger partial charge is 0.417 e. The standard InChI is InChI=1S/C12H15N3O3/c13-8-6-11-9(14-12(16)18-11)7-10(8)15-2-1-4-17-5-3-15/h6-7H,1-5,13H2,(H,14,16). The van der Waals surface area contributed by atoms with Crippen LogP contribution in [0.4, 0.5) is 11.4 Å². The van der Waals surface area contributed by atoms with E-state index in [1.807, 2.05) is 6.07 Å². The molecule has 1 aliphatic rings. The molecule has 1 aromatic heterocycles. The highest BCUT2D eigenvalue weighted by atomic mass is 16.5. The number of benzene rings is 1. The number of aromatic nitrogens is 1. The average Bonchev–Trinajstić information content (AvgIpc) is 2.55. The minimum absolute atomic E-state index is 0.458. The number of nitrogens with zero attached hydrogens (tertiary/aromatic N) is 1. The molecular weight excluding hydrogens is 234 g/mol. The van der Waals surface area contributed by atoms with E-state index < -0.39 is 5.76 Å². The number of H-pyrrole nitrogens is 1. The second kappa shape index (κ2) is 4.38. The van der Waals surface area contributed by atoms with E-state index in [0.717, 1.165) is 31.8 Å². The highest BCUT2D eigenvalue weighted by Gasteiger charge is 2.15. The van der Waals surface area contributed by atoms with Crippen molar-refractivity contribution in [2.75, 3.05) is 36.9 Å². The molecule has 3 rings (SSSR count). The Morgan fingerprint density at radius 2 is 2.17 bits per heavy atom. The summed E-state index contributed by atoms with van der Waals surface area (Å²) in [6.45, 7) is 3.18. The van der Waals surface area contributed by atoms with Crippen LogP contribution in [0, 0.1) is 0 Å². The first kappa shape index (κ1) is 11.2. The Labute approximate surface area is 103 Å². The fourth-order valence-corrected chi connectivity index (χ4v) is 2.26. The van der Waals surface area contributed by atoms with E-state index in [-0.39, 0.29) is 0 Å². The zero-order chi connectivity index (χ0) is 12.5. The summed E-state index contributed by atoms with van der Waals surface area (Å²) in [4.78, 5) is 16.0. The van der Waals surface area contributed by atoms with Crippen molar-refractivity contribution in [2.24, 2.45) is 0 Å². The number of anilines is 2. The molecule has 2 heterocycles. The topological polar surface area (TPSA) is 84.5 Å². The molecule has 2 aromatic rings. The molecule has 0 spiro atoms. The van der Waals surface area contributed by atoms with Crippen molar-refractivity contribution in [3.8, 4) is 0 Å². The van der Waals surface area contributed by atoms with Gasteiger partial charge in [0.05, 0.1) is 23.5 Å². The number of nitrogens with one attached hydrogen (secondary N) is 1. The molecule has 3 N–H and O–H groups in total. The van der Waals surface area contributed by atoms with E-state index in [1.165, 1.54) is 0 Å². The first-order valence-corrected chi connectivity index (χ1v) is 5.99. The minimum Gasteiger partial charge on any atom is -0.408 e. The van der Waals surface area contributed by atoms with E-state index in [1.54, 1.807) is 6.07 Å². The Hall–Kier alpha value is -1.95. The predicted octanol–water partition coefficient (Wildman–Crippen LogP) is 0.930. The normalized spacial score (nSPS) is 17.0. The zero-order valence-corrected chi connectivity index (χ0v) is 9.94. The van der Waals surface area contributed by atoms with E-state index in [4.69, 9.17) is 14.9 Å². The lowest BCUT2D eigenvalue weighted by Crippen LogP contribution is -2.26. The molecule has 6 heteroatoms. The van der Waals surface area contributed by atoms with E-state index in [2.05, 4.69) is 9.88 Å². The SMILES string of the molecule is Nc1cc2oc(=O)[nH]c2cc1N1CCCOCC1. The molecule has 1 saturated heterocycles. The van der Waals surface area contributed by atoms with Gasteiger partial charge in [-0.1, -0.05) is 0 Å². The first-order chi connectivity index (χ1) is 8.74. The molecule has 0 atom stereocenters. The lowest BCUT2D eigenvalue weighted by atomic mass is 10.2.